The van der Waals surface area contributed by atoms with E-state index < -0.39 is 0 Å². The number of benzene rings is 3. The van der Waals surface area contributed by atoms with Gasteiger partial charge in [-0.15, -0.1) is 0 Å². The summed E-state index contributed by atoms with van der Waals surface area (Å²) in [6.45, 7) is 9.00. The van der Waals surface area contributed by atoms with Crippen molar-refractivity contribution in [3.8, 4) is 0 Å². The van der Waals surface area contributed by atoms with Crippen molar-refractivity contribution in [2.24, 2.45) is 4.99 Å². The highest BCUT2D eigenvalue weighted by Gasteiger charge is 2.27. The number of hydrogen-bond acceptors (Lipinski definition) is 5. The van der Waals surface area contributed by atoms with Gasteiger partial charge in [0.05, 0.1) is 30.6 Å². The number of ether oxygens (including phenoxy) is 1. The maximum Gasteiger partial charge on any atom is 0.279 e. The smallest absolute Gasteiger partial charge is 0.279 e. The van der Waals surface area contributed by atoms with E-state index in [-0.39, 0.29) is 11.7 Å². The number of nitrogens with one attached hydrogen (secondary N) is 1. The Labute approximate surface area is 204 Å². The molecule has 0 aliphatic carbocycles. The third-order valence-corrected chi connectivity index (χ3v) is 6.32. The Morgan fingerprint density at radius 1 is 0.971 bits per heavy atom. The molecule has 0 saturated carbocycles. The van der Waals surface area contributed by atoms with Gasteiger partial charge in [-0.3, -0.25) is 4.79 Å². The minimum absolute atomic E-state index is 0.160. The fourth-order valence-corrected chi connectivity index (χ4v) is 4.35. The van der Waals surface area contributed by atoms with Gasteiger partial charge in [-0.1, -0.05) is 67.2 Å². The van der Waals surface area contributed by atoms with Gasteiger partial charge >= 0.3 is 0 Å². The molecule has 0 saturated heterocycles. The van der Waals surface area contributed by atoms with Crippen molar-refractivity contribution in [2.75, 3.05) is 11.4 Å². The SMILES string of the molecule is C=c1nc2c(c(=O)[nH]1)=Nc1cc(C)c(C)cc1N2CC(Cc1ccccc1)OCc1ccccc1. The Morgan fingerprint density at radius 3 is 2.34 bits per heavy atom. The average Bonchev–Trinajstić information content (AvgIpc) is 2.85. The van der Waals surface area contributed by atoms with Gasteiger partial charge < -0.3 is 14.6 Å². The largest absolute Gasteiger partial charge is 0.371 e. The number of hydrogen-bond donors (Lipinski definition) is 1. The Morgan fingerprint density at radius 2 is 1.63 bits per heavy atom. The second kappa shape index (κ2) is 9.68. The summed E-state index contributed by atoms with van der Waals surface area (Å²) in [5, 5.41) is 0.301. The summed E-state index contributed by atoms with van der Waals surface area (Å²) in [6.07, 6.45) is 0.560. The lowest BCUT2D eigenvalue weighted by molar-refractivity contribution is 0.0467. The zero-order chi connectivity index (χ0) is 24.4. The summed E-state index contributed by atoms with van der Waals surface area (Å²) in [7, 11) is 0. The standard InChI is InChI=1S/C29H28N4O2/c1-19-14-25-26(15-20(19)2)33(28-27(32-25)29(34)31-21(3)30-28)17-24(16-22-10-6-4-7-11-22)35-18-23-12-8-5-9-13-23/h4-15,24H,3,16-18H2,1-2H3,(H,31,34). The number of aromatic nitrogens is 2. The van der Waals surface area contributed by atoms with Crippen LogP contribution in [0.25, 0.3) is 6.58 Å². The molecule has 1 atom stereocenters. The Kier molecular flexibility index (Phi) is 6.29. The Balaban J connectivity index is 1.56. The molecule has 4 aromatic rings. The fourth-order valence-electron chi connectivity index (χ4n) is 4.35. The van der Waals surface area contributed by atoms with Crippen LogP contribution in [0.5, 0.6) is 0 Å². The van der Waals surface area contributed by atoms with Gasteiger partial charge in [-0.2, -0.15) is 0 Å². The third kappa shape index (κ3) is 4.93. The molecule has 0 fully saturated rings. The van der Waals surface area contributed by atoms with Gasteiger partial charge in [0.2, 0.25) is 0 Å². The first-order valence-corrected chi connectivity index (χ1v) is 11.7. The number of anilines is 2. The fraction of sp³-hybridized carbons (Fsp3) is 0.207. The number of fused-ring (bicyclic) bond motifs is 2. The van der Waals surface area contributed by atoms with Crippen LogP contribution >= 0.6 is 0 Å². The molecule has 3 aromatic carbocycles. The summed E-state index contributed by atoms with van der Waals surface area (Å²) in [5.41, 5.74) is 6.26. The van der Waals surface area contributed by atoms with Gasteiger partial charge in [0.1, 0.15) is 5.48 Å². The first-order chi connectivity index (χ1) is 17.0. The van der Waals surface area contributed by atoms with Crippen LogP contribution in [0.2, 0.25) is 0 Å². The van der Waals surface area contributed by atoms with Crippen LogP contribution in [-0.4, -0.2) is 22.6 Å². The zero-order valence-corrected chi connectivity index (χ0v) is 20.0. The van der Waals surface area contributed by atoms with Crippen molar-refractivity contribution in [3.63, 3.8) is 0 Å². The van der Waals surface area contributed by atoms with Crippen LogP contribution in [-0.2, 0) is 17.8 Å². The number of rotatable bonds is 7. The summed E-state index contributed by atoms with van der Waals surface area (Å²) < 4.78 is 6.48. The van der Waals surface area contributed by atoms with E-state index in [4.69, 9.17) is 4.74 Å². The molecule has 6 nitrogen and oxygen atoms in total. The normalized spacial score (nSPS) is 13.0. The molecule has 0 radical (unpaired) electrons. The van der Waals surface area contributed by atoms with Crippen molar-refractivity contribution in [2.45, 2.75) is 33.0 Å². The van der Waals surface area contributed by atoms with Crippen molar-refractivity contribution < 1.29 is 4.74 Å². The van der Waals surface area contributed by atoms with Crippen LogP contribution < -0.4 is 21.3 Å². The molecular weight excluding hydrogens is 436 g/mol. The van der Waals surface area contributed by atoms with Gasteiger partial charge in [-0.25, -0.2) is 9.98 Å². The van der Waals surface area contributed by atoms with E-state index in [0.717, 1.165) is 34.5 Å². The van der Waals surface area contributed by atoms with Crippen molar-refractivity contribution in [1.82, 2.24) is 9.97 Å². The first-order valence-electron chi connectivity index (χ1n) is 11.7. The Hall–Kier alpha value is -4.03. The molecular formula is C29H28N4O2. The van der Waals surface area contributed by atoms with Crippen LogP contribution in [0.3, 0.4) is 0 Å². The van der Waals surface area contributed by atoms with E-state index in [1.54, 1.807) is 0 Å². The number of nitrogens with zero attached hydrogens (tertiary/aromatic N) is 3. The molecule has 35 heavy (non-hydrogen) atoms. The molecule has 0 bridgehead atoms. The van der Waals surface area contributed by atoms with E-state index in [1.807, 2.05) is 49.4 Å². The quantitative estimate of drug-likeness (QED) is 0.448. The van der Waals surface area contributed by atoms with Crippen LogP contribution in [0.4, 0.5) is 17.2 Å². The Bertz CT molecular complexity index is 1510. The van der Waals surface area contributed by atoms with E-state index in [1.165, 1.54) is 5.56 Å². The van der Waals surface area contributed by atoms with E-state index in [2.05, 4.69) is 63.7 Å². The predicted octanol–water partition coefficient (Wildman–Crippen LogP) is 4.03. The monoisotopic (exact) mass is 464 g/mol. The highest BCUT2D eigenvalue weighted by atomic mass is 16.5. The minimum Gasteiger partial charge on any atom is -0.371 e. The van der Waals surface area contributed by atoms with E-state index >= 15 is 0 Å². The highest BCUT2D eigenvalue weighted by molar-refractivity contribution is 5.77. The molecule has 0 spiro atoms. The maximum absolute atomic E-state index is 12.8. The highest BCUT2D eigenvalue weighted by Crippen LogP contribution is 2.37. The summed E-state index contributed by atoms with van der Waals surface area (Å²) in [6, 6.07) is 24.6. The van der Waals surface area contributed by atoms with Crippen LogP contribution in [0.15, 0.2) is 82.6 Å². The lowest BCUT2D eigenvalue weighted by Crippen LogP contribution is -2.44. The molecule has 2 heterocycles. The topological polar surface area (TPSA) is 70.6 Å². The molecule has 1 aliphatic heterocycles. The molecule has 5 rings (SSSR count). The third-order valence-electron chi connectivity index (χ3n) is 6.32. The minimum atomic E-state index is -0.293. The van der Waals surface area contributed by atoms with Crippen molar-refractivity contribution in [3.05, 3.63) is 116 Å². The van der Waals surface area contributed by atoms with Gasteiger partial charge in [0.25, 0.3) is 5.56 Å². The lowest BCUT2D eigenvalue weighted by atomic mass is 10.0. The average molecular weight is 465 g/mol. The second-order valence-electron chi connectivity index (χ2n) is 8.94. The van der Waals surface area contributed by atoms with Gasteiger partial charge in [0.15, 0.2) is 11.2 Å². The molecule has 1 aromatic heterocycles. The van der Waals surface area contributed by atoms with Crippen LogP contribution in [0, 0.1) is 13.8 Å². The number of H-pyrrole nitrogens is 1. The zero-order valence-electron chi connectivity index (χ0n) is 20.0. The number of aromatic amines is 1. The number of aryl methyl sites for hydroxylation is 2. The molecule has 1 N–H and O–H groups in total. The summed E-state index contributed by atoms with van der Waals surface area (Å²) >= 11 is 0. The second-order valence-corrected chi connectivity index (χ2v) is 8.94. The summed E-state index contributed by atoms with van der Waals surface area (Å²) in [4.78, 5) is 26.8. The predicted molar refractivity (Wildman–Crippen MR) is 139 cm³/mol. The maximum atomic E-state index is 12.8. The lowest BCUT2D eigenvalue weighted by Gasteiger charge is -2.32. The van der Waals surface area contributed by atoms with Crippen LogP contribution in [0.1, 0.15) is 22.3 Å². The van der Waals surface area contributed by atoms with E-state index in [0.29, 0.717) is 29.8 Å². The molecule has 1 aliphatic rings. The molecule has 6 heteroatoms. The molecule has 176 valence electrons. The van der Waals surface area contributed by atoms with Gasteiger partial charge in [-0.05, 0) is 48.2 Å². The summed E-state index contributed by atoms with van der Waals surface area (Å²) in [5.74, 6) is 0.510. The van der Waals surface area contributed by atoms with Crippen molar-refractivity contribution >= 4 is 23.8 Å². The van der Waals surface area contributed by atoms with Crippen molar-refractivity contribution in [1.29, 1.82) is 0 Å². The van der Waals surface area contributed by atoms with Gasteiger partial charge in [0, 0.05) is 6.42 Å². The molecule has 0 amide bonds. The molecule has 1 unspecified atom stereocenters. The first kappa shape index (κ1) is 22.7. The van der Waals surface area contributed by atoms with E-state index in [9.17, 15) is 4.79 Å².